The summed E-state index contributed by atoms with van der Waals surface area (Å²) in [6.45, 7) is 9.69. The van der Waals surface area contributed by atoms with Crippen molar-refractivity contribution in [3.8, 4) is 0 Å². The van der Waals surface area contributed by atoms with Gasteiger partial charge in [0, 0.05) is 39.3 Å². The summed E-state index contributed by atoms with van der Waals surface area (Å²) in [5.74, 6) is 16.4. The number of urea groups is 1. The van der Waals surface area contributed by atoms with E-state index in [9.17, 15) is 24.0 Å². The van der Waals surface area contributed by atoms with E-state index >= 15 is 0 Å². The largest absolute Gasteiger partial charge is 0.379 e. The maximum absolute atomic E-state index is 14.0. The van der Waals surface area contributed by atoms with Gasteiger partial charge in [-0.15, -0.1) is 0 Å². The number of amides is 4. The number of nitrogens with one attached hydrogen (secondary N) is 1. The van der Waals surface area contributed by atoms with Crippen LogP contribution in [0.2, 0.25) is 0 Å². The summed E-state index contributed by atoms with van der Waals surface area (Å²) in [6, 6.07) is -0.520. The van der Waals surface area contributed by atoms with Crippen molar-refractivity contribution in [1.82, 2.24) is 25.1 Å². The number of hydrogen-bond donors (Lipinski definition) is 4. The summed E-state index contributed by atoms with van der Waals surface area (Å²) in [7, 11) is 3.19. The minimum atomic E-state index is -0.965. The number of ketones is 1. The maximum Gasteiger partial charge on any atom is 0.348 e. The molecule has 310 valence electrons. The van der Waals surface area contributed by atoms with E-state index in [-0.39, 0.29) is 85.9 Å². The van der Waals surface area contributed by atoms with Gasteiger partial charge in [0.1, 0.15) is 0 Å². The lowest BCUT2D eigenvalue weighted by molar-refractivity contribution is -0.150. The highest BCUT2D eigenvalue weighted by Gasteiger charge is 2.39. The number of methoxy groups -OCH3 is 2. The number of rotatable bonds is 18. The van der Waals surface area contributed by atoms with Crippen LogP contribution in [0.3, 0.4) is 0 Å². The molecule has 7 N–H and O–H groups in total. The second-order valence-corrected chi connectivity index (χ2v) is 16.7. The zero-order chi connectivity index (χ0) is 40.2. The first-order valence-electron chi connectivity index (χ1n) is 20.0. The molecule has 0 aromatic rings. The van der Waals surface area contributed by atoms with Crippen LogP contribution in [0.5, 0.6) is 0 Å². The smallest absolute Gasteiger partial charge is 0.348 e. The Morgan fingerprint density at radius 2 is 1.46 bits per heavy atom. The molecule has 3 rings (SSSR count). The zero-order valence-electron chi connectivity index (χ0n) is 33.9. The van der Waals surface area contributed by atoms with E-state index in [1.807, 2.05) is 27.7 Å². The summed E-state index contributed by atoms with van der Waals surface area (Å²) in [5.41, 5.74) is -0.965. The Kier molecular flexibility index (Phi) is 18.0. The summed E-state index contributed by atoms with van der Waals surface area (Å²) in [4.78, 5) is 74.2. The van der Waals surface area contributed by atoms with Crippen LogP contribution in [-0.2, 0) is 33.5 Å². The number of ether oxygens (including phenoxy) is 2. The molecule has 0 aromatic heterocycles. The topological polar surface area (TPSA) is 216 Å². The van der Waals surface area contributed by atoms with Crippen LogP contribution in [0.15, 0.2) is 0 Å². The van der Waals surface area contributed by atoms with E-state index in [1.165, 1.54) is 19.8 Å². The summed E-state index contributed by atoms with van der Waals surface area (Å²) in [5, 5.41) is 6.14. The molecule has 0 aliphatic heterocycles. The molecule has 16 heteroatoms. The lowest BCUT2D eigenvalue weighted by Gasteiger charge is -2.41. The second kappa shape index (κ2) is 21.4. The fourth-order valence-corrected chi connectivity index (χ4v) is 8.22. The Morgan fingerprint density at radius 1 is 0.815 bits per heavy atom. The number of hydrogen-bond acceptors (Lipinski definition) is 12. The van der Waals surface area contributed by atoms with Crippen LogP contribution in [0.1, 0.15) is 118 Å². The normalized spacial score (nSPS) is 26.2. The third-order valence-electron chi connectivity index (χ3n) is 11.9. The highest BCUT2D eigenvalue weighted by molar-refractivity contribution is 5.93. The van der Waals surface area contributed by atoms with Crippen molar-refractivity contribution >= 4 is 29.6 Å². The molecule has 3 aliphatic rings. The van der Waals surface area contributed by atoms with Crippen molar-refractivity contribution in [3.63, 3.8) is 0 Å². The van der Waals surface area contributed by atoms with Gasteiger partial charge in [0.2, 0.25) is 11.8 Å². The second-order valence-electron chi connectivity index (χ2n) is 16.7. The average Bonchev–Trinajstić information content (AvgIpc) is 3.16. The van der Waals surface area contributed by atoms with Gasteiger partial charge in [0.25, 0.3) is 0 Å². The van der Waals surface area contributed by atoms with Crippen molar-refractivity contribution in [2.45, 2.75) is 154 Å². The first-order chi connectivity index (χ1) is 25.5. The van der Waals surface area contributed by atoms with Crippen LogP contribution in [0, 0.1) is 17.8 Å². The van der Waals surface area contributed by atoms with Crippen LogP contribution in [-0.4, -0.2) is 126 Å². The SMILES string of the molecule is COC1CCC(C(=O)N(CCC(=O)ON)CC(=O)N(CCC(C)C)CC(=O)C(C)(C)NC2CCC(N(N)C(=O)N(N)C3CCCCC3C)CC2)CC1OC. The third kappa shape index (κ3) is 12.8. The average molecular weight is 767 g/mol. The third-order valence-corrected chi connectivity index (χ3v) is 11.9. The highest BCUT2D eigenvalue weighted by atomic mass is 16.7. The van der Waals surface area contributed by atoms with Gasteiger partial charge < -0.3 is 29.4 Å². The summed E-state index contributed by atoms with van der Waals surface area (Å²) < 4.78 is 11.1. The van der Waals surface area contributed by atoms with Crippen molar-refractivity contribution in [2.75, 3.05) is 40.4 Å². The lowest BCUT2D eigenvalue weighted by Crippen LogP contribution is -2.60. The Hall–Kier alpha value is -2.89. The fourth-order valence-electron chi connectivity index (χ4n) is 8.22. The quantitative estimate of drug-likeness (QED) is 0.0900. The Morgan fingerprint density at radius 3 is 2.06 bits per heavy atom. The van der Waals surface area contributed by atoms with E-state index < -0.39 is 17.4 Å². The highest BCUT2D eigenvalue weighted by Crippen LogP contribution is 2.31. The van der Waals surface area contributed by atoms with Crippen LogP contribution < -0.4 is 22.9 Å². The number of carbonyl (C=O) groups is 5. The number of nitrogens with zero attached hydrogens (tertiary/aromatic N) is 4. The molecular formula is C38H70N8O8. The first kappa shape index (κ1) is 45.5. The Balaban J connectivity index is 1.63. The molecule has 3 aliphatic carbocycles. The van der Waals surface area contributed by atoms with Gasteiger partial charge in [-0.3, -0.25) is 29.2 Å². The number of carbonyl (C=O) groups excluding carboxylic acids is 5. The maximum atomic E-state index is 14.0. The van der Waals surface area contributed by atoms with E-state index in [0.717, 1.165) is 25.7 Å². The molecule has 16 nitrogen and oxygen atoms in total. The van der Waals surface area contributed by atoms with Crippen LogP contribution in [0.25, 0.3) is 0 Å². The monoisotopic (exact) mass is 767 g/mol. The van der Waals surface area contributed by atoms with Gasteiger partial charge in [0.05, 0.1) is 49.3 Å². The minimum Gasteiger partial charge on any atom is -0.379 e. The Bertz CT molecular complexity index is 1250. The van der Waals surface area contributed by atoms with E-state index in [1.54, 1.807) is 14.2 Å². The van der Waals surface area contributed by atoms with E-state index in [2.05, 4.69) is 17.1 Å². The van der Waals surface area contributed by atoms with Crippen molar-refractivity contribution in [3.05, 3.63) is 0 Å². The molecule has 54 heavy (non-hydrogen) atoms. The van der Waals surface area contributed by atoms with Gasteiger partial charge in [-0.05, 0) is 89.9 Å². The van der Waals surface area contributed by atoms with Gasteiger partial charge in [-0.1, -0.05) is 33.6 Å². The molecule has 0 heterocycles. The van der Waals surface area contributed by atoms with Gasteiger partial charge >= 0.3 is 12.0 Å². The standard InChI is InChI=1S/C38H70N8O8/c1-25(2)18-20-43(34(48)24-44(21-19-35(49)54-41)36(50)27-12-17-31(52-6)32(22-27)53-7)23-33(47)38(4,5)42-28-13-15-29(16-14-28)45(39)37(51)46(40)30-11-9-8-10-26(30)3/h25-32,42H,8-24,39-41H2,1-7H3. The van der Waals surface area contributed by atoms with E-state index in [0.29, 0.717) is 63.8 Å². The molecule has 0 saturated heterocycles. The number of hydrazine groups is 2. The van der Waals surface area contributed by atoms with E-state index in [4.69, 9.17) is 27.1 Å². The predicted molar refractivity (Wildman–Crippen MR) is 204 cm³/mol. The molecule has 4 amide bonds. The predicted octanol–water partition coefficient (Wildman–Crippen LogP) is 2.63. The van der Waals surface area contributed by atoms with Gasteiger partial charge in [-0.25, -0.2) is 16.5 Å². The van der Waals surface area contributed by atoms with Crippen molar-refractivity contribution < 1.29 is 38.3 Å². The van der Waals surface area contributed by atoms with Crippen molar-refractivity contribution in [1.29, 1.82) is 0 Å². The molecule has 0 bridgehead atoms. The minimum absolute atomic E-state index is 0.00963. The van der Waals surface area contributed by atoms with Gasteiger partial charge in [0.15, 0.2) is 5.78 Å². The zero-order valence-corrected chi connectivity index (χ0v) is 33.9. The van der Waals surface area contributed by atoms with Gasteiger partial charge in [-0.2, -0.15) is 5.90 Å². The van der Waals surface area contributed by atoms with Crippen LogP contribution in [0.4, 0.5) is 4.79 Å². The Labute approximate surface area is 322 Å². The molecule has 3 fully saturated rings. The molecular weight excluding hydrogens is 696 g/mol. The summed E-state index contributed by atoms with van der Waals surface area (Å²) >= 11 is 0. The molecule has 0 aromatic carbocycles. The first-order valence-corrected chi connectivity index (χ1v) is 20.0. The molecule has 5 atom stereocenters. The molecule has 0 spiro atoms. The molecule has 5 unspecified atom stereocenters. The molecule has 0 radical (unpaired) electrons. The van der Waals surface area contributed by atoms with Crippen molar-refractivity contribution in [2.24, 2.45) is 35.3 Å². The number of nitrogens with two attached hydrogens (primary N) is 3. The summed E-state index contributed by atoms with van der Waals surface area (Å²) in [6.07, 6.45) is 8.51. The lowest BCUT2D eigenvalue weighted by atomic mass is 9.84. The molecule has 3 saturated carbocycles. The number of Topliss-reactive ketones (excluding diaryl/α,β-unsaturated/α-hetero) is 1. The fraction of sp³-hybridized carbons (Fsp3) is 0.868. The van der Waals surface area contributed by atoms with Crippen LogP contribution >= 0.6 is 0 Å².